The molecule has 0 amide bonds. The molecule has 0 fully saturated rings. The lowest BCUT2D eigenvalue weighted by molar-refractivity contribution is 0.422. The number of allylic oxidation sites excluding steroid dienone is 1. The number of para-hydroxylation sites is 1. The molecule has 0 spiro atoms. The second kappa shape index (κ2) is 6.48. The molecule has 0 radical (unpaired) electrons. The van der Waals surface area contributed by atoms with E-state index in [2.05, 4.69) is 74.6 Å². The van der Waals surface area contributed by atoms with Crippen molar-refractivity contribution in [3.63, 3.8) is 0 Å². The summed E-state index contributed by atoms with van der Waals surface area (Å²) in [6, 6.07) is 8.68. The smallest absolute Gasteiger partial charge is 0.0486 e. The third-order valence-electron chi connectivity index (χ3n) is 3.59. The first-order chi connectivity index (χ1) is 9.87. The van der Waals surface area contributed by atoms with Crippen molar-refractivity contribution in [1.82, 2.24) is 9.88 Å². The average molecular weight is 284 g/mol. The Hall–Kier alpha value is -1.54. The monoisotopic (exact) mass is 284 g/mol. The number of hydrogen-bond acceptors (Lipinski definition) is 1. The van der Waals surface area contributed by atoms with Crippen molar-refractivity contribution in [1.29, 1.82) is 0 Å². The van der Waals surface area contributed by atoms with Crippen LogP contribution in [0, 0.1) is 0 Å². The zero-order valence-corrected chi connectivity index (χ0v) is 13.9. The minimum atomic E-state index is 0.202. The summed E-state index contributed by atoms with van der Waals surface area (Å²) in [7, 11) is 0. The van der Waals surface area contributed by atoms with Gasteiger partial charge in [0.15, 0.2) is 0 Å². The van der Waals surface area contributed by atoms with Crippen LogP contribution in [0.3, 0.4) is 0 Å². The number of hydrogen-bond donors (Lipinski definition) is 1. The summed E-state index contributed by atoms with van der Waals surface area (Å²) in [6.07, 6.45) is 4.58. The lowest BCUT2D eigenvalue weighted by Gasteiger charge is -2.20. The summed E-state index contributed by atoms with van der Waals surface area (Å²) in [5.41, 5.74) is 4.16. The number of fused-ring (bicyclic) bond motifs is 1. The molecule has 114 valence electrons. The molecular weight excluding hydrogens is 256 g/mol. The number of benzene rings is 1. The molecule has 2 aromatic rings. The molecule has 2 nitrogen and oxygen atoms in total. The predicted octanol–water partition coefficient (Wildman–Crippen LogP) is 4.54. The van der Waals surface area contributed by atoms with Gasteiger partial charge in [-0.3, -0.25) is 0 Å². The van der Waals surface area contributed by atoms with Crippen molar-refractivity contribution >= 4 is 10.9 Å². The van der Waals surface area contributed by atoms with Gasteiger partial charge < -0.3 is 9.88 Å². The van der Waals surface area contributed by atoms with Crippen molar-refractivity contribution in [2.75, 3.05) is 6.54 Å². The molecule has 0 aliphatic rings. The standard InChI is InChI=1S/C19H28N2/c1-15(2)13-21-14-16(9-8-12-20-19(3,4)5)17-10-6-7-11-18(17)21/h6-7,10-11,14,20H,1,8-9,12-13H2,2-5H3. The second-order valence-electron chi connectivity index (χ2n) is 7.04. The summed E-state index contributed by atoms with van der Waals surface area (Å²) >= 11 is 0. The molecule has 2 rings (SSSR count). The normalized spacial score (nSPS) is 12.0. The number of nitrogens with zero attached hydrogens (tertiary/aromatic N) is 1. The summed E-state index contributed by atoms with van der Waals surface area (Å²) in [6.45, 7) is 14.7. The van der Waals surface area contributed by atoms with Crippen molar-refractivity contribution in [3.05, 3.63) is 48.2 Å². The van der Waals surface area contributed by atoms with Crippen LogP contribution in [0.25, 0.3) is 10.9 Å². The fourth-order valence-corrected chi connectivity index (χ4v) is 2.69. The molecule has 1 N–H and O–H groups in total. The zero-order chi connectivity index (χ0) is 15.5. The van der Waals surface area contributed by atoms with E-state index in [-0.39, 0.29) is 5.54 Å². The maximum atomic E-state index is 4.04. The number of nitrogens with one attached hydrogen (secondary N) is 1. The van der Waals surface area contributed by atoms with Gasteiger partial charge in [0.05, 0.1) is 0 Å². The van der Waals surface area contributed by atoms with Crippen LogP contribution in [-0.2, 0) is 13.0 Å². The SMILES string of the molecule is C=C(C)Cn1cc(CCCNC(C)(C)C)c2ccccc21. The lowest BCUT2D eigenvalue weighted by Crippen LogP contribution is -2.36. The van der Waals surface area contributed by atoms with Crippen molar-refractivity contribution in [2.24, 2.45) is 0 Å². The van der Waals surface area contributed by atoms with Crippen LogP contribution in [0.2, 0.25) is 0 Å². The summed E-state index contributed by atoms with van der Waals surface area (Å²) in [5, 5.41) is 4.94. The van der Waals surface area contributed by atoms with Gasteiger partial charge in [0.2, 0.25) is 0 Å². The Labute approximate surface area is 128 Å². The van der Waals surface area contributed by atoms with Crippen LogP contribution in [0.4, 0.5) is 0 Å². The molecular formula is C19H28N2. The van der Waals surface area contributed by atoms with Crippen LogP contribution in [0.5, 0.6) is 0 Å². The molecule has 0 atom stereocenters. The lowest BCUT2D eigenvalue weighted by atomic mass is 10.1. The predicted molar refractivity (Wildman–Crippen MR) is 92.8 cm³/mol. The Balaban J connectivity index is 2.11. The maximum absolute atomic E-state index is 4.04. The Morgan fingerprint density at radius 3 is 2.62 bits per heavy atom. The third-order valence-corrected chi connectivity index (χ3v) is 3.59. The van der Waals surface area contributed by atoms with Crippen molar-refractivity contribution in [3.8, 4) is 0 Å². The summed E-state index contributed by atoms with van der Waals surface area (Å²) in [4.78, 5) is 0. The van der Waals surface area contributed by atoms with Crippen molar-refractivity contribution < 1.29 is 0 Å². The molecule has 2 heteroatoms. The largest absolute Gasteiger partial charge is 0.343 e. The summed E-state index contributed by atoms with van der Waals surface area (Å²) < 4.78 is 2.32. The molecule has 0 unspecified atom stereocenters. The Morgan fingerprint density at radius 1 is 1.24 bits per heavy atom. The van der Waals surface area contributed by atoms with E-state index in [1.54, 1.807) is 0 Å². The Kier molecular flexibility index (Phi) is 4.89. The molecule has 1 aromatic carbocycles. The molecule has 0 bridgehead atoms. The molecule has 1 aromatic heterocycles. The van der Waals surface area contributed by atoms with E-state index in [0.717, 1.165) is 19.5 Å². The van der Waals surface area contributed by atoms with Gasteiger partial charge >= 0.3 is 0 Å². The number of rotatable bonds is 6. The zero-order valence-electron chi connectivity index (χ0n) is 13.9. The van der Waals surface area contributed by atoms with Crippen molar-refractivity contribution in [2.45, 2.75) is 52.6 Å². The van der Waals surface area contributed by atoms with Gasteiger partial charge in [-0.25, -0.2) is 0 Å². The molecule has 0 aliphatic heterocycles. The van der Waals surface area contributed by atoms with E-state index in [1.165, 1.54) is 28.5 Å². The molecule has 0 saturated heterocycles. The Bertz CT molecular complexity index is 614. The topological polar surface area (TPSA) is 17.0 Å². The molecule has 1 heterocycles. The van der Waals surface area contributed by atoms with Crippen LogP contribution < -0.4 is 5.32 Å². The van der Waals surface area contributed by atoms with E-state index in [4.69, 9.17) is 0 Å². The van der Waals surface area contributed by atoms with Gasteiger partial charge in [-0.1, -0.05) is 30.4 Å². The quantitative estimate of drug-likeness (QED) is 0.609. The minimum absolute atomic E-state index is 0.202. The van der Waals surface area contributed by atoms with Crippen LogP contribution in [0.15, 0.2) is 42.6 Å². The highest BCUT2D eigenvalue weighted by atomic mass is 15.0. The highest BCUT2D eigenvalue weighted by Gasteiger charge is 2.10. The third kappa shape index (κ3) is 4.47. The van der Waals surface area contributed by atoms with Crippen LogP contribution in [-0.4, -0.2) is 16.7 Å². The first-order valence-electron chi connectivity index (χ1n) is 7.83. The van der Waals surface area contributed by atoms with Gasteiger partial charge in [-0.2, -0.15) is 0 Å². The maximum Gasteiger partial charge on any atom is 0.0486 e. The molecule has 0 saturated carbocycles. The number of aryl methyl sites for hydroxylation is 1. The van der Waals surface area contributed by atoms with E-state index < -0.39 is 0 Å². The van der Waals surface area contributed by atoms with E-state index >= 15 is 0 Å². The summed E-state index contributed by atoms with van der Waals surface area (Å²) in [5.74, 6) is 0. The minimum Gasteiger partial charge on any atom is -0.343 e. The van der Waals surface area contributed by atoms with Gasteiger partial charge in [-0.05, 0) is 58.7 Å². The van der Waals surface area contributed by atoms with E-state index in [0.29, 0.717) is 0 Å². The molecule has 21 heavy (non-hydrogen) atoms. The molecule has 0 aliphatic carbocycles. The highest BCUT2D eigenvalue weighted by molar-refractivity contribution is 5.84. The van der Waals surface area contributed by atoms with Gasteiger partial charge in [0.1, 0.15) is 0 Å². The first kappa shape index (κ1) is 15.8. The van der Waals surface area contributed by atoms with E-state index in [1.807, 2.05) is 0 Å². The first-order valence-corrected chi connectivity index (χ1v) is 7.83. The van der Waals surface area contributed by atoms with Crippen LogP contribution >= 0.6 is 0 Å². The van der Waals surface area contributed by atoms with Crippen LogP contribution in [0.1, 0.15) is 39.7 Å². The van der Waals surface area contributed by atoms with Gasteiger partial charge in [0.25, 0.3) is 0 Å². The highest BCUT2D eigenvalue weighted by Crippen LogP contribution is 2.23. The van der Waals surface area contributed by atoms with Gasteiger partial charge in [-0.15, -0.1) is 0 Å². The average Bonchev–Trinajstić information content (AvgIpc) is 2.72. The van der Waals surface area contributed by atoms with Gasteiger partial charge in [0, 0.05) is 29.2 Å². The van der Waals surface area contributed by atoms with E-state index in [9.17, 15) is 0 Å². The second-order valence-corrected chi connectivity index (χ2v) is 7.04. The fraction of sp³-hybridized carbons (Fsp3) is 0.474. The Morgan fingerprint density at radius 2 is 1.95 bits per heavy atom. The fourth-order valence-electron chi connectivity index (χ4n) is 2.69. The number of aromatic nitrogens is 1.